The molecule has 0 amide bonds. The van der Waals surface area contributed by atoms with Gasteiger partial charge in [-0.2, -0.15) is 0 Å². The SMILES string of the molecule is COc1ccc([C@H]2[C@@H]3CN(c4ncnc5sccc45)C[C@@H]3CN2C)cc1.Cl.Cl. The van der Waals surface area contributed by atoms with Crippen molar-refractivity contribution in [3.63, 3.8) is 0 Å². The zero-order valence-corrected chi connectivity index (χ0v) is 18.3. The number of benzene rings is 1. The van der Waals surface area contributed by atoms with Gasteiger partial charge in [0.25, 0.3) is 0 Å². The molecule has 3 aromatic rings. The van der Waals surface area contributed by atoms with Gasteiger partial charge in [0.15, 0.2) is 0 Å². The highest BCUT2D eigenvalue weighted by Crippen LogP contribution is 2.45. The lowest BCUT2D eigenvalue weighted by Crippen LogP contribution is -2.29. The fourth-order valence-corrected chi connectivity index (χ4v) is 5.49. The lowest BCUT2D eigenvalue weighted by Gasteiger charge is -2.27. The van der Waals surface area contributed by atoms with Crippen molar-refractivity contribution in [2.45, 2.75) is 6.04 Å². The second-order valence-electron chi connectivity index (χ2n) is 7.32. The van der Waals surface area contributed by atoms with Gasteiger partial charge in [0.05, 0.1) is 12.5 Å². The minimum atomic E-state index is 0. The Bertz CT molecular complexity index is 935. The number of thiophene rings is 1. The molecule has 0 bridgehead atoms. The Labute approximate surface area is 181 Å². The molecular weight excluding hydrogens is 415 g/mol. The first-order valence-electron chi connectivity index (χ1n) is 9.02. The van der Waals surface area contributed by atoms with Crippen LogP contribution in [0.1, 0.15) is 11.6 Å². The molecule has 0 saturated carbocycles. The van der Waals surface area contributed by atoms with Crippen LogP contribution >= 0.6 is 36.2 Å². The van der Waals surface area contributed by atoms with E-state index in [9.17, 15) is 0 Å². The second-order valence-corrected chi connectivity index (χ2v) is 8.22. The van der Waals surface area contributed by atoms with Crippen molar-refractivity contribution in [1.82, 2.24) is 14.9 Å². The third-order valence-corrected chi connectivity index (χ3v) is 6.71. The first-order valence-corrected chi connectivity index (χ1v) is 9.90. The maximum absolute atomic E-state index is 5.32. The molecule has 8 heteroatoms. The van der Waals surface area contributed by atoms with Gasteiger partial charge in [-0.25, -0.2) is 9.97 Å². The van der Waals surface area contributed by atoms with Crippen LogP contribution in [-0.4, -0.2) is 48.7 Å². The first-order chi connectivity index (χ1) is 12.7. The van der Waals surface area contributed by atoms with E-state index < -0.39 is 0 Å². The van der Waals surface area contributed by atoms with Crippen molar-refractivity contribution < 1.29 is 4.74 Å². The molecule has 5 rings (SSSR count). The quantitative estimate of drug-likeness (QED) is 0.609. The Morgan fingerprint density at radius 1 is 1.04 bits per heavy atom. The summed E-state index contributed by atoms with van der Waals surface area (Å²) in [5, 5.41) is 3.29. The van der Waals surface area contributed by atoms with E-state index in [0.717, 1.165) is 36.0 Å². The zero-order valence-electron chi connectivity index (χ0n) is 15.8. The van der Waals surface area contributed by atoms with Gasteiger partial charge < -0.3 is 9.64 Å². The second kappa shape index (κ2) is 8.41. The molecule has 0 aliphatic carbocycles. The Morgan fingerprint density at radius 2 is 1.82 bits per heavy atom. The number of hydrogen-bond acceptors (Lipinski definition) is 6. The highest BCUT2D eigenvalue weighted by molar-refractivity contribution is 7.16. The monoisotopic (exact) mass is 438 g/mol. The lowest BCUT2D eigenvalue weighted by molar-refractivity contribution is 0.279. The highest BCUT2D eigenvalue weighted by Gasteiger charge is 2.46. The van der Waals surface area contributed by atoms with Crippen molar-refractivity contribution in [3.05, 3.63) is 47.6 Å². The predicted molar refractivity (Wildman–Crippen MR) is 119 cm³/mol. The van der Waals surface area contributed by atoms with Crippen LogP contribution in [0, 0.1) is 11.8 Å². The predicted octanol–water partition coefficient (Wildman–Crippen LogP) is 4.28. The smallest absolute Gasteiger partial charge is 0.140 e. The Balaban J connectivity index is 0.00000112. The fourth-order valence-electron chi connectivity index (χ4n) is 4.76. The summed E-state index contributed by atoms with van der Waals surface area (Å²) in [6.07, 6.45) is 1.70. The first kappa shape index (κ1) is 21.1. The number of anilines is 1. The standard InChI is InChI=1S/C20H22N4OS.2ClH/c1-23-9-14-10-24(19-16-7-8-26-20(16)22-12-21-19)11-17(14)18(23)13-3-5-15(25-2)6-4-13;;/h3-8,12,14,17-18H,9-11H2,1-2H3;2*1H/t14-,17+,18-;;/m0../s1. The topological polar surface area (TPSA) is 41.5 Å². The summed E-state index contributed by atoms with van der Waals surface area (Å²) in [6, 6.07) is 11.2. The maximum atomic E-state index is 5.32. The largest absolute Gasteiger partial charge is 0.497 e. The van der Waals surface area contributed by atoms with Gasteiger partial charge in [-0.1, -0.05) is 12.1 Å². The van der Waals surface area contributed by atoms with Crippen LogP contribution in [-0.2, 0) is 0 Å². The Morgan fingerprint density at radius 3 is 2.57 bits per heavy atom. The Hall–Kier alpha value is -1.60. The molecule has 2 saturated heterocycles. The number of ether oxygens (including phenoxy) is 1. The molecule has 0 N–H and O–H groups in total. The summed E-state index contributed by atoms with van der Waals surface area (Å²) in [6.45, 7) is 3.26. The van der Waals surface area contributed by atoms with E-state index in [2.05, 4.69) is 62.5 Å². The maximum Gasteiger partial charge on any atom is 0.140 e. The number of likely N-dealkylation sites (tertiary alicyclic amines) is 1. The number of fused-ring (bicyclic) bond motifs is 2. The van der Waals surface area contributed by atoms with Gasteiger partial charge in [-0.05, 0) is 42.1 Å². The van der Waals surface area contributed by atoms with Gasteiger partial charge in [-0.15, -0.1) is 36.2 Å². The average Bonchev–Trinajstić information content (AvgIpc) is 3.35. The summed E-state index contributed by atoms with van der Waals surface area (Å²) in [5.41, 5.74) is 1.38. The molecule has 150 valence electrons. The van der Waals surface area contributed by atoms with Crippen LogP contribution in [0.4, 0.5) is 5.82 Å². The molecule has 1 aromatic carbocycles. The molecule has 0 unspecified atom stereocenters. The van der Waals surface area contributed by atoms with Crippen LogP contribution in [0.3, 0.4) is 0 Å². The molecule has 4 heterocycles. The van der Waals surface area contributed by atoms with Gasteiger partial charge in [-0.3, -0.25) is 4.90 Å². The van der Waals surface area contributed by atoms with Crippen molar-refractivity contribution in [1.29, 1.82) is 0 Å². The molecule has 5 nitrogen and oxygen atoms in total. The fraction of sp³-hybridized carbons (Fsp3) is 0.400. The third kappa shape index (κ3) is 3.43. The van der Waals surface area contributed by atoms with Gasteiger partial charge >= 0.3 is 0 Å². The van der Waals surface area contributed by atoms with Crippen LogP contribution < -0.4 is 9.64 Å². The number of rotatable bonds is 3. The summed E-state index contributed by atoms with van der Waals surface area (Å²) >= 11 is 1.69. The van der Waals surface area contributed by atoms with Crippen molar-refractivity contribution in [2.24, 2.45) is 11.8 Å². The van der Waals surface area contributed by atoms with E-state index in [0.29, 0.717) is 17.9 Å². The third-order valence-electron chi connectivity index (χ3n) is 5.89. The van der Waals surface area contributed by atoms with E-state index in [1.165, 1.54) is 10.9 Å². The normalized spacial score (nSPS) is 23.9. The summed E-state index contributed by atoms with van der Waals surface area (Å²) in [4.78, 5) is 15.1. The minimum Gasteiger partial charge on any atom is -0.497 e. The van der Waals surface area contributed by atoms with Gasteiger partial charge in [0, 0.05) is 31.6 Å². The molecular formula is C20H24Cl2N4OS. The van der Waals surface area contributed by atoms with Gasteiger partial charge in [0.2, 0.25) is 0 Å². The van der Waals surface area contributed by atoms with Crippen molar-refractivity contribution in [3.8, 4) is 5.75 Å². The minimum absolute atomic E-state index is 0. The van der Waals surface area contributed by atoms with Crippen LogP contribution in [0.25, 0.3) is 10.2 Å². The number of nitrogens with zero attached hydrogens (tertiary/aromatic N) is 4. The molecule has 28 heavy (non-hydrogen) atoms. The molecule has 0 spiro atoms. The zero-order chi connectivity index (χ0) is 17.7. The van der Waals surface area contributed by atoms with Crippen LogP contribution in [0.15, 0.2) is 42.0 Å². The number of methoxy groups -OCH3 is 1. The van der Waals surface area contributed by atoms with Crippen LogP contribution in [0.2, 0.25) is 0 Å². The van der Waals surface area contributed by atoms with E-state index in [1.807, 2.05) is 0 Å². The van der Waals surface area contributed by atoms with Crippen molar-refractivity contribution >= 4 is 52.2 Å². The van der Waals surface area contributed by atoms with Crippen LogP contribution in [0.5, 0.6) is 5.75 Å². The number of aromatic nitrogens is 2. The number of halogens is 2. The van der Waals surface area contributed by atoms with Crippen molar-refractivity contribution in [2.75, 3.05) is 38.7 Å². The number of hydrogen-bond donors (Lipinski definition) is 0. The van der Waals surface area contributed by atoms with Gasteiger partial charge in [0.1, 0.15) is 22.7 Å². The van der Waals surface area contributed by atoms with E-state index in [1.54, 1.807) is 24.8 Å². The van der Waals surface area contributed by atoms with E-state index >= 15 is 0 Å². The van der Waals surface area contributed by atoms with E-state index in [-0.39, 0.29) is 24.8 Å². The molecule has 0 radical (unpaired) electrons. The molecule has 2 fully saturated rings. The molecule has 2 aliphatic heterocycles. The average molecular weight is 439 g/mol. The molecule has 2 aliphatic rings. The molecule has 3 atom stereocenters. The highest BCUT2D eigenvalue weighted by atomic mass is 35.5. The Kier molecular flexibility index (Phi) is 6.34. The lowest BCUT2D eigenvalue weighted by atomic mass is 9.89. The summed E-state index contributed by atoms with van der Waals surface area (Å²) in [5.74, 6) is 3.31. The molecule has 2 aromatic heterocycles. The summed E-state index contributed by atoms with van der Waals surface area (Å²) in [7, 11) is 3.97. The summed E-state index contributed by atoms with van der Waals surface area (Å²) < 4.78 is 5.32. The van der Waals surface area contributed by atoms with E-state index in [4.69, 9.17) is 4.74 Å².